The molecule has 71 heavy (non-hydrogen) atoms. The molecular formula is C51H60F2N10O8. The van der Waals surface area contributed by atoms with Crippen LogP contribution >= 0.6 is 0 Å². The molecule has 1 N–H and O–H groups in total. The largest absolute Gasteiger partial charge is 0.486 e. The van der Waals surface area contributed by atoms with Crippen molar-refractivity contribution in [2.45, 2.75) is 90.3 Å². The van der Waals surface area contributed by atoms with Crippen molar-refractivity contribution in [2.24, 2.45) is 0 Å². The molecule has 376 valence electrons. The molecule has 10 rings (SSSR count). The number of carbonyl (C=O) groups is 1. The maximum Gasteiger partial charge on any atom is 0.410 e. The molecular weight excluding hydrogens is 919 g/mol. The Balaban J connectivity index is 0.000000179. The van der Waals surface area contributed by atoms with Crippen molar-refractivity contribution >= 4 is 28.2 Å². The lowest BCUT2D eigenvalue weighted by Crippen LogP contribution is -2.49. The third-order valence-electron chi connectivity index (χ3n) is 13.0. The van der Waals surface area contributed by atoms with E-state index < -0.39 is 17.2 Å². The number of nitrogens with zero attached hydrogens (tertiary/aromatic N) is 9. The summed E-state index contributed by atoms with van der Waals surface area (Å²) in [7, 11) is 0. The number of aromatic nitrogens is 6. The van der Waals surface area contributed by atoms with Gasteiger partial charge in [0.05, 0.1) is 64.8 Å². The second-order valence-corrected chi connectivity index (χ2v) is 19.1. The molecule has 0 atom stereocenters. The number of piperidine rings is 2. The fraction of sp³-hybridized carbons (Fsp3) is 0.471. The van der Waals surface area contributed by atoms with Gasteiger partial charge in [0.15, 0.2) is 23.0 Å². The molecule has 0 unspecified atom stereocenters. The molecule has 2 saturated heterocycles. The average Bonchev–Trinajstić information content (AvgIpc) is 3.37. The van der Waals surface area contributed by atoms with E-state index in [2.05, 4.69) is 35.1 Å². The summed E-state index contributed by atoms with van der Waals surface area (Å²) >= 11 is 0. The molecule has 2 fully saturated rings. The van der Waals surface area contributed by atoms with E-state index >= 15 is 0 Å². The molecule has 0 saturated carbocycles. The summed E-state index contributed by atoms with van der Waals surface area (Å²) in [4.78, 5) is 61.6. The molecule has 6 aromatic heterocycles. The van der Waals surface area contributed by atoms with Crippen LogP contribution in [0.2, 0.25) is 0 Å². The summed E-state index contributed by atoms with van der Waals surface area (Å²) in [6.07, 6.45) is 8.83. The first-order valence-corrected chi connectivity index (χ1v) is 24.3. The van der Waals surface area contributed by atoms with E-state index in [1.807, 2.05) is 32.9 Å². The van der Waals surface area contributed by atoms with Gasteiger partial charge >= 0.3 is 6.09 Å². The van der Waals surface area contributed by atoms with E-state index in [-0.39, 0.29) is 23.3 Å². The van der Waals surface area contributed by atoms with Crippen LogP contribution in [0.15, 0.2) is 82.9 Å². The van der Waals surface area contributed by atoms with Crippen molar-refractivity contribution in [3.63, 3.8) is 0 Å². The van der Waals surface area contributed by atoms with Crippen LogP contribution in [-0.4, -0.2) is 133 Å². The van der Waals surface area contributed by atoms with Crippen LogP contribution in [0.1, 0.15) is 57.8 Å². The lowest BCUT2D eigenvalue weighted by Gasteiger charge is -2.39. The molecule has 0 spiro atoms. The van der Waals surface area contributed by atoms with Gasteiger partial charge in [0, 0.05) is 94.3 Å². The predicted molar refractivity (Wildman–Crippen MR) is 260 cm³/mol. The molecule has 4 aliphatic rings. The van der Waals surface area contributed by atoms with Gasteiger partial charge in [-0.2, -0.15) is 0 Å². The first-order chi connectivity index (χ1) is 34.3. The Morgan fingerprint density at radius 1 is 0.648 bits per heavy atom. The second-order valence-electron chi connectivity index (χ2n) is 19.1. The van der Waals surface area contributed by atoms with E-state index in [1.54, 1.807) is 38.6 Å². The van der Waals surface area contributed by atoms with E-state index in [0.29, 0.717) is 110 Å². The number of hydrogen-bond acceptors (Lipinski definition) is 15. The summed E-state index contributed by atoms with van der Waals surface area (Å²) in [6.45, 7) is 14.3. The molecule has 1 amide bonds. The van der Waals surface area contributed by atoms with Gasteiger partial charge in [0.25, 0.3) is 11.1 Å². The Labute approximate surface area is 409 Å². The number of hydrogen-bond donors (Lipinski definition) is 1. The van der Waals surface area contributed by atoms with Crippen LogP contribution in [0.5, 0.6) is 23.0 Å². The summed E-state index contributed by atoms with van der Waals surface area (Å²) in [5.41, 5.74) is 2.92. The van der Waals surface area contributed by atoms with Gasteiger partial charge in [0.2, 0.25) is 0 Å². The van der Waals surface area contributed by atoms with Gasteiger partial charge in [-0.05, 0) is 71.7 Å². The molecule has 20 heteroatoms. The molecule has 6 aromatic rings. The number of carbonyl (C=O) groups excluding carboxylic acids is 1. The first kappa shape index (κ1) is 49.2. The minimum absolute atomic E-state index is 0.0373. The van der Waals surface area contributed by atoms with Gasteiger partial charge < -0.3 is 47.9 Å². The number of fused-ring (bicyclic) bond motifs is 4. The monoisotopic (exact) mass is 978 g/mol. The van der Waals surface area contributed by atoms with E-state index in [1.165, 1.54) is 30.5 Å². The lowest BCUT2D eigenvalue weighted by molar-refractivity contribution is 0.00528. The van der Waals surface area contributed by atoms with Crippen molar-refractivity contribution in [1.82, 2.24) is 49.1 Å². The average molecular weight is 979 g/mol. The van der Waals surface area contributed by atoms with Crippen LogP contribution in [0.25, 0.3) is 22.1 Å². The highest BCUT2D eigenvalue weighted by Gasteiger charge is 2.32. The Bertz CT molecular complexity index is 2950. The van der Waals surface area contributed by atoms with Crippen LogP contribution < -0.4 is 35.4 Å². The molecule has 0 radical (unpaired) electrons. The summed E-state index contributed by atoms with van der Waals surface area (Å²) < 4.78 is 58.8. The third-order valence-corrected chi connectivity index (χ3v) is 13.0. The molecule has 0 bridgehead atoms. The van der Waals surface area contributed by atoms with Crippen molar-refractivity contribution < 1.29 is 37.3 Å². The van der Waals surface area contributed by atoms with Crippen LogP contribution in [0.4, 0.5) is 13.6 Å². The van der Waals surface area contributed by atoms with Gasteiger partial charge in [-0.1, -0.05) is 0 Å². The fourth-order valence-electron chi connectivity index (χ4n) is 9.29. The van der Waals surface area contributed by atoms with E-state index in [4.69, 9.17) is 23.7 Å². The molecule has 0 aliphatic carbocycles. The number of likely N-dealkylation sites (tertiary alicyclic amines) is 2. The number of pyridine rings is 6. The Morgan fingerprint density at radius 3 is 1.65 bits per heavy atom. The maximum absolute atomic E-state index is 13.8. The van der Waals surface area contributed by atoms with E-state index in [9.17, 15) is 23.2 Å². The van der Waals surface area contributed by atoms with Crippen molar-refractivity contribution in [2.75, 3.05) is 65.7 Å². The number of rotatable bonds is 12. The highest BCUT2D eigenvalue weighted by Crippen LogP contribution is 2.32. The Kier molecular flexibility index (Phi) is 15.3. The van der Waals surface area contributed by atoms with Crippen molar-refractivity contribution in [3.05, 3.63) is 117 Å². The normalized spacial score (nSPS) is 16.6. The SMILES string of the molecule is CC(C)(C)OC(=O)N(Cc1cc2c(cn1)OCCO2)C1CCN(CCn2c(=O)ccc3ncc(F)cc32)CC1.O=c1ccc2ncc(F)cc2n1CCN1CCC(NCc2cc3c(cn2)OCCO3)CC1. The minimum atomic E-state index is -0.629. The second kappa shape index (κ2) is 22.1. The zero-order chi connectivity index (χ0) is 49.5. The van der Waals surface area contributed by atoms with Crippen molar-refractivity contribution in [1.29, 1.82) is 0 Å². The third kappa shape index (κ3) is 12.6. The van der Waals surface area contributed by atoms with Crippen molar-refractivity contribution in [3.8, 4) is 23.0 Å². The highest BCUT2D eigenvalue weighted by molar-refractivity contribution is 5.75. The zero-order valence-corrected chi connectivity index (χ0v) is 40.4. The summed E-state index contributed by atoms with van der Waals surface area (Å²) in [6, 6.07) is 13.1. The van der Waals surface area contributed by atoms with Gasteiger partial charge in [0.1, 0.15) is 43.7 Å². The number of ether oxygens (including phenoxy) is 5. The summed E-state index contributed by atoms with van der Waals surface area (Å²) in [5, 5.41) is 3.59. The standard InChI is InChI=1S/C28H34FN5O5.C23H26FN5O3/c1-28(2,3)39-27(36)34(18-20-15-24-25(17-30-20)38-13-12-37-24)21-6-8-32(9-7-21)10-11-33-23-14-19(29)16-31-22(23)4-5-26(33)35;24-16-11-20-19(27-13-16)1-2-23(30)29(20)8-7-28-5-3-17(4-6-28)25-14-18-12-21-22(15-26-18)32-10-9-31-21/h4-5,14-17,21H,6-13,18H2,1-3H3;1-2,11-13,15,17,25H,3-10,14H2. The topological polar surface area (TPSA) is 181 Å². The minimum Gasteiger partial charge on any atom is -0.486 e. The summed E-state index contributed by atoms with van der Waals surface area (Å²) in [5.74, 6) is 1.79. The van der Waals surface area contributed by atoms with Gasteiger partial charge in [-0.3, -0.25) is 34.4 Å². The molecule has 10 heterocycles. The van der Waals surface area contributed by atoms with Gasteiger partial charge in [-0.25, -0.2) is 13.6 Å². The smallest absolute Gasteiger partial charge is 0.410 e. The Hall–Kier alpha value is -6.77. The number of halogens is 2. The highest BCUT2D eigenvalue weighted by atomic mass is 19.1. The zero-order valence-electron chi connectivity index (χ0n) is 40.4. The van der Waals surface area contributed by atoms with Gasteiger partial charge in [-0.15, -0.1) is 0 Å². The van der Waals surface area contributed by atoms with Crippen LogP contribution in [-0.2, 0) is 30.9 Å². The fourth-order valence-corrected chi connectivity index (χ4v) is 9.29. The molecule has 18 nitrogen and oxygen atoms in total. The lowest BCUT2D eigenvalue weighted by atomic mass is 10.0. The Morgan fingerprint density at radius 2 is 1.13 bits per heavy atom. The number of nitrogens with one attached hydrogen (secondary N) is 1. The van der Waals surface area contributed by atoms with Crippen LogP contribution in [0, 0.1) is 11.6 Å². The number of amides is 1. The van der Waals surface area contributed by atoms with E-state index in [0.717, 1.165) is 76.0 Å². The molecule has 4 aliphatic heterocycles. The first-order valence-electron chi connectivity index (χ1n) is 24.3. The van der Waals surface area contributed by atoms with Crippen LogP contribution in [0.3, 0.4) is 0 Å². The predicted octanol–water partition coefficient (Wildman–Crippen LogP) is 5.56. The quantitative estimate of drug-likeness (QED) is 0.161. The maximum atomic E-state index is 13.8. The molecule has 0 aromatic carbocycles.